The summed E-state index contributed by atoms with van der Waals surface area (Å²) in [4.78, 5) is 26.0. The fraction of sp³-hybridized carbons (Fsp3) is 0.0952. The van der Waals surface area contributed by atoms with E-state index in [1.54, 1.807) is 25.1 Å². The molecule has 2 aromatic rings. The molecule has 1 aromatic carbocycles. The summed E-state index contributed by atoms with van der Waals surface area (Å²) in [6.07, 6.45) is 2.96. The van der Waals surface area contributed by atoms with Crippen molar-refractivity contribution < 1.29 is 14.0 Å². The normalized spacial score (nSPS) is 16.0. The largest absolute Gasteiger partial charge is 0.457 e. The maximum atomic E-state index is 12.7. The van der Waals surface area contributed by atoms with Crippen molar-refractivity contribution in [3.8, 4) is 17.4 Å². The van der Waals surface area contributed by atoms with E-state index in [-0.39, 0.29) is 17.7 Å². The summed E-state index contributed by atoms with van der Waals surface area (Å²) in [5.41, 5.74) is 1.21. The van der Waals surface area contributed by atoms with Gasteiger partial charge in [-0.15, -0.1) is 6.58 Å². The Hall–Kier alpha value is -3.36. The summed E-state index contributed by atoms with van der Waals surface area (Å²) < 4.78 is 5.80. The van der Waals surface area contributed by atoms with Gasteiger partial charge in [0, 0.05) is 17.7 Å². The van der Waals surface area contributed by atoms with Crippen molar-refractivity contribution >= 4 is 29.5 Å². The van der Waals surface area contributed by atoms with Gasteiger partial charge in [-0.3, -0.25) is 14.5 Å². The van der Waals surface area contributed by atoms with Crippen LogP contribution in [0.25, 0.3) is 17.4 Å². The van der Waals surface area contributed by atoms with Crippen molar-refractivity contribution in [2.24, 2.45) is 0 Å². The van der Waals surface area contributed by atoms with E-state index in [2.05, 4.69) is 6.58 Å². The van der Waals surface area contributed by atoms with E-state index < -0.39 is 11.8 Å². The van der Waals surface area contributed by atoms with Gasteiger partial charge in [0.25, 0.3) is 11.8 Å². The van der Waals surface area contributed by atoms with Gasteiger partial charge in [0.1, 0.15) is 23.2 Å². The summed E-state index contributed by atoms with van der Waals surface area (Å²) in [6.45, 7) is 5.15. The molecule has 1 aromatic heterocycles. The smallest absolute Gasteiger partial charge is 0.271 e. The molecule has 0 fully saturated rings. The molecule has 0 bridgehead atoms. The SMILES string of the molecule is C=CCN1C(=O)C(C#N)=C(C)/C(=C\c2ccc(-c3ccccc3Cl)o2)C1=O. The average molecular weight is 379 g/mol. The molecule has 2 heterocycles. The van der Waals surface area contributed by atoms with E-state index in [4.69, 9.17) is 16.0 Å². The predicted octanol–water partition coefficient (Wildman–Crippen LogP) is 4.38. The molecular formula is C21H15ClN2O3. The fourth-order valence-corrected chi connectivity index (χ4v) is 3.03. The number of hydrogen-bond acceptors (Lipinski definition) is 4. The minimum Gasteiger partial charge on any atom is -0.457 e. The molecule has 0 aliphatic carbocycles. The first-order valence-corrected chi connectivity index (χ1v) is 8.50. The predicted molar refractivity (Wildman–Crippen MR) is 102 cm³/mol. The molecule has 3 rings (SSSR count). The summed E-state index contributed by atoms with van der Waals surface area (Å²) in [7, 11) is 0. The Balaban J connectivity index is 2.06. The second-order valence-electron chi connectivity index (χ2n) is 5.86. The van der Waals surface area contributed by atoms with Gasteiger partial charge >= 0.3 is 0 Å². The third-order valence-electron chi connectivity index (χ3n) is 4.19. The Bertz CT molecular complexity index is 1050. The number of carbonyl (C=O) groups is 2. The second-order valence-corrected chi connectivity index (χ2v) is 6.27. The number of imide groups is 1. The molecule has 1 aliphatic heterocycles. The van der Waals surface area contributed by atoms with E-state index in [1.807, 2.05) is 24.3 Å². The number of halogens is 1. The van der Waals surface area contributed by atoms with Gasteiger partial charge < -0.3 is 4.42 Å². The van der Waals surface area contributed by atoms with E-state index in [0.717, 1.165) is 10.5 Å². The zero-order valence-electron chi connectivity index (χ0n) is 14.5. The van der Waals surface area contributed by atoms with Gasteiger partial charge in [-0.1, -0.05) is 29.8 Å². The van der Waals surface area contributed by atoms with Crippen molar-refractivity contribution in [3.63, 3.8) is 0 Å². The fourth-order valence-electron chi connectivity index (χ4n) is 2.80. The van der Waals surface area contributed by atoms with Crippen molar-refractivity contribution in [2.75, 3.05) is 6.54 Å². The highest BCUT2D eigenvalue weighted by molar-refractivity contribution is 6.33. The maximum Gasteiger partial charge on any atom is 0.271 e. The molecule has 0 radical (unpaired) electrons. The van der Waals surface area contributed by atoms with Crippen LogP contribution in [0, 0.1) is 11.3 Å². The van der Waals surface area contributed by atoms with Crippen LogP contribution in [0.15, 0.2) is 70.2 Å². The molecule has 134 valence electrons. The lowest BCUT2D eigenvalue weighted by molar-refractivity contribution is -0.139. The molecule has 0 unspecified atom stereocenters. The number of furan rings is 1. The van der Waals surface area contributed by atoms with Crippen molar-refractivity contribution in [1.29, 1.82) is 5.26 Å². The molecule has 1 aliphatic rings. The number of nitriles is 1. The monoisotopic (exact) mass is 378 g/mol. The van der Waals surface area contributed by atoms with Crippen molar-refractivity contribution in [3.05, 3.63) is 76.6 Å². The van der Waals surface area contributed by atoms with Crippen molar-refractivity contribution in [1.82, 2.24) is 4.90 Å². The number of rotatable bonds is 4. The number of hydrogen-bond donors (Lipinski definition) is 0. The first kappa shape index (κ1) is 18.4. The Morgan fingerprint density at radius 1 is 1.22 bits per heavy atom. The minimum absolute atomic E-state index is 0.0243. The third-order valence-corrected chi connectivity index (χ3v) is 4.52. The molecule has 5 nitrogen and oxygen atoms in total. The Morgan fingerprint density at radius 3 is 2.63 bits per heavy atom. The molecule has 0 saturated carbocycles. The Morgan fingerprint density at radius 2 is 1.96 bits per heavy atom. The molecule has 0 spiro atoms. The zero-order chi connectivity index (χ0) is 19.6. The van der Waals surface area contributed by atoms with Crippen LogP contribution in [0.5, 0.6) is 0 Å². The van der Waals surface area contributed by atoms with Crippen LogP contribution in [0.2, 0.25) is 5.02 Å². The number of nitrogens with zero attached hydrogens (tertiary/aromatic N) is 2. The molecular weight excluding hydrogens is 364 g/mol. The second kappa shape index (κ2) is 7.48. The lowest BCUT2D eigenvalue weighted by Crippen LogP contribution is -2.42. The maximum absolute atomic E-state index is 12.7. The van der Waals surface area contributed by atoms with Crippen molar-refractivity contribution in [2.45, 2.75) is 6.92 Å². The van der Waals surface area contributed by atoms with Gasteiger partial charge in [-0.2, -0.15) is 5.26 Å². The van der Waals surface area contributed by atoms with Gasteiger partial charge in [0.2, 0.25) is 0 Å². The summed E-state index contributed by atoms with van der Waals surface area (Å²) >= 11 is 6.19. The lowest BCUT2D eigenvalue weighted by atomic mass is 9.94. The van der Waals surface area contributed by atoms with Gasteiger partial charge in [-0.05, 0) is 42.8 Å². The summed E-state index contributed by atoms with van der Waals surface area (Å²) in [6, 6.07) is 12.6. The van der Waals surface area contributed by atoms with Crippen LogP contribution in [0.3, 0.4) is 0 Å². The molecule has 0 atom stereocenters. The Labute approximate surface area is 161 Å². The van der Waals surface area contributed by atoms with Crippen LogP contribution in [-0.2, 0) is 9.59 Å². The first-order chi connectivity index (χ1) is 13.0. The van der Waals surface area contributed by atoms with Crippen LogP contribution in [0.1, 0.15) is 12.7 Å². The van der Waals surface area contributed by atoms with Gasteiger partial charge in [0.05, 0.1) is 5.02 Å². The zero-order valence-corrected chi connectivity index (χ0v) is 15.3. The lowest BCUT2D eigenvalue weighted by Gasteiger charge is -2.26. The van der Waals surface area contributed by atoms with E-state index in [1.165, 1.54) is 12.2 Å². The molecule has 0 saturated heterocycles. The van der Waals surface area contributed by atoms with Crippen LogP contribution >= 0.6 is 11.6 Å². The van der Waals surface area contributed by atoms with Crippen LogP contribution in [0.4, 0.5) is 0 Å². The van der Waals surface area contributed by atoms with Crippen LogP contribution in [-0.4, -0.2) is 23.3 Å². The van der Waals surface area contributed by atoms with E-state index >= 15 is 0 Å². The molecule has 2 amide bonds. The number of carbonyl (C=O) groups excluding carboxylic acids is 2. The minimum atomic E-state index is -0.617. The molecule has 27 heavy (non-hydrogen) atoms. The van der Waals surface area contributed by atoms with E-state index in [0.29, 0.717) is 22.1 Å². The standard InChI is InChI=1S/C21H15ClN2O3/c1-3-10-24-20(25)16(13(2)17(12-23)21(24)26)11-14-8-9-19(27-14)15-6-4-5-7-18(15)22/h3-9,11H,1,10H2,2H3/b16-11+. The highest BCUT2D eigenvalue weighted by Gasteiger charge is 2.34. The summed E-state index contributed by atoms with van der Waals surface area (Å²) in [5.74, 6) is -0.143. The van der Waals surface area contributed by atoms with E-state index in [9.17, 15) is 14.9 Å². The Kier molecular flexibility index (Phi) is 5.11. The highest BCUT2D eigenvalue weighted by atomic mass is 35.5. The number of benzene rings is 1. The molecule has 6 heteroatoms. The topological polar surface area (TPSA) is 74.3 Å². The molecule has 0 N–H and O–H groups in total. The van der Waals surface area contributed by atoms with Gasteiger partial charge in [-0.25, -0.2) is 0 Å². The average Bonchev–Trinajstić information content (AvgIpc) is 3.11. The quantitative estimate of drug-likeness (QED) is 0.449. The first-order valence-electron chi connectivity index (χ1n) is 8.12. The third kappa shape index (κ3) is 3.35. The van der Waals surface area contributed by atoms with Crippen LogP contribution < -0.4 is 0 Å². The summed E-state index contributed by atoms with van der Waals surface area (Å²) in [5, 5.41) is 9.86. The highest BCUT2D eigenvalue weighted by Crippen LogP contribution is 2.31. The number of amides is 2. The van der Waals surface area contributed by atoms with Gasteiger partial charge in [0.15, 0.2) is 0 Å².